The lowest BCUT2D eigenvalue weighted by molar-refractivity contribution is -0.123. The Balaban J connectivity index is 4.00. The topological polar surface area (TPSA) is 75.4 Å². The summed E-state index contributed by atoms with van der Waals surface area (Å²) >= 11 is 0. The van der Waals surface area contributed by atoms with E-state index in [0.717, 1.165) is 0 Å². The minimum absolute atomic E-state index is 0.0822. The molecule has 90 valence electrons. The number of amides is 1. The van der Waals surface area contributed by atoms with E-state index in [-0.39, 0.29) is 23.8 Å². The fourth-order valence-corrected chi connectivity index (χ4v) is 1.14. The third-order valence-corrected chi connectivity index (χ3v) is 2.55. The lowest BCUT2D eigenvalue weighted by atomic mass is 9.89. The largest absolute Gasteiger partial charge is 0.396 e. The fraction of sp³-hybridized carbons (Fsp3) is 0.909. The van der Waals surface area contributed by atoms with Crippen molar-refractivity contribution in [1.29, 1.82) is 0 Å². The van der Waals surface area contributed by atoms with Crippen molar-refractivity contribution in [2.24, 2.45) is 17.1 Å². The van der Waals surface area contributed by atoms with Crippen LogP contribution in [-0.4, -0.2) is 30.2 Å². The van der Waals surface area contributed by atoms with Gasteiger partial charge < -0.3 is 16.2 Å². The maximum atomic E-state index is 11.5. The van der Waals surface area contributed by atoms with Crippen molar-refractivity contribution >= 4 is 5.91 Å². The number of hydrogen-bond donors (Lipinski definition) is 3. The van der Waals surface area contributed by atoms with Gasteiger partial charge in [-0.1, -0.05) is 27.7 Å². The molecule has 1 atom stereocenters. The molecule has 0 fully saturated rings. The second-order valence-corrected chi connectivity index (χ2v) is 5.13. The van der Waals surface area contributed by atoms with E-state index in [2.05, 4.69) is 5.32 Å². The predicted molar refractivity (Wildman–Crippen MR) is 61.3 cm³/mol. The Morgan fingerprint density at radius 3 is 2.40 bits per heavy atom. The minimum atomic E-state index is -0.449. The van der Waals surface area contributed by atoms with Gasteiger partial charge in [0.2, 0.25) is 5.91 Å². The average molecular weight is 216 g/mol. The van der Waals surface area contributed by atoms with E-state index in [4.69, 9.17) is 10.8 Å². The molecular formula is C11H24N2O2. The molecule has 4 N–H and O–H groups in total. The maximum Gasteiger partial charge on any atom is 0.237 e. The van der Waals surface area contributed by atoms with Gasteiger partial charge in [0.15, 0.2) is 0 Å². The molecule has 0 aliphatic heterocycles. The molecule has 0 aliphatic rings. The van der Waals surface area contributed by atoms with E-state index < -0.39 is 6.04 Å². The summed E-state index contributed by atoms with van der Waals surface area (Å²) in [7, 11) is 0. The molecule has 1 amide bonds. The van der Waals surface area contributed by atoms with Crippen LogP contribution in [0.1, 0.15) is 34.1 Å². The maximum absolute atomic E-state index is 11.5. The first-order valence-corrected chi connectivity index (χ1v) is 5.44. The number of carbonyl (C=O) groups is 1. The summed E-state index contributed by atoms with van der Waals surface area (Å²) in [5.41, 5.74) is 5.62. The summed E-state index contributed by atoms with van der Waals surface area (Å²) in [6.07, 6.45) is 0.671. The molecule has 15 heavy (non-hydrogen) atoms. The highest BCUT2D eigenvalue weighted by molar-refractivity contribution is 5.81. The monoisotopic (exact) mass is 216 g/mol. The number of nitrogens with one attached hydrogen (secondary N) is 1. The normalized spacial score (nSPS) is 14.1. The molecular weight excluding hydrogens is 192 g/mol. The molecule has 0 heterocycles. The standard InChI is InChI=1S/C11H24N2O2/c1-8(2)9(12)10(15)13-7-11(3,4)5-6-14/h8-9,14H,5-7,12H2,1-4H3,(H,13,15). The summed E-state index contributed by atoms with van der Waals surface area (Å²) in [6, 6.07) is -0.449. The van der Waals surface area contributed by atoms with Gasteiger partial charge in [-0.25, -0.2) is 0 Å². The van der Waals surface area contributed by atoms with Gasteiger partial charge >= 0.3 is 0 Å². The second-order valence-electron chi connectivity index (χ2n) is 5.13. The summed E-state index contributed by atoms with van der Waals surface area (Å²) in [5, 5.41) is 11.6. The van der Waals surface area contributed by atoms with Crippen LogP contribution in [0.4, 0.5) is 0 Å². The van der Waals surface area contributed by atoms with Crippen molar-refractivity contribution in [2.75, 3.05) is 13.2 Å². The van der Waals surface area contributed by atoms with Crippen molar-refractivity contribution in [3.63, 3.8) is 0 Å². The number of aliphatic hydroxyl groups is 1. The second kappa shape index (κ2) is 6.08. The SMILES string of the molecule is CC(C)C(N)C(=O)NCC(C)(C)CCO. The van der Waals surface area contributed by atoms with E-state index in [1.165, 1.54) is 0 Å². The van der Waals surface area contributed by atoms with Crippen LogP contribution in [0.5, 0.6) is 0 Å². The van der Waals surface area contributed by atoms with Crippen LogP contribution in [0, 0.1) is 11.3 Å². The molecule has 0 aromatic rings. The zero-order valence-corrected chi connectivity index (χ0v) is 10.2. The number of nitrogens with two attached hydrogens (primary N) is 1. The Bertz CT molecular complexity index is 203. The Labute approximate surface area is 92.2 Å². The summed E-state index contributed by atoms with van der Waals surface area (Å²) in [4.78, 5) is 11.5. The summed E-state index contributed by atoms with van der Waals surface area (Å²) < 4.78 is 0. The van der Waals surface area contributed by atoms with Crippen LogP contribution < -0.4 is 11.1 Å². The first kappa shape index (κ1) is 14.4. The zero-order valence-electron chi connectivity index (χ0n) is 10.2. The van der Waals surface area contributed by atoms with E-state index in [0.29, 0.717) is 13.0 Å². The fourth-order valence-electron chi connectivity index (χ4n) is 1.14. The Hall–Kier alpha value is -0.610. The smallest absolute Gasteiger partial charge is 0.237 e. The van der Waals surface area contributed by atoms with Gasteiger partial charge in [-0.3, -0.25) is 4.79 Å². The van der Waals surface area contributed by atoms with Crippen LogP contribution in [0.2, 0.25) is 0 Å². The molecule has 0 rings (SSSR count). The van der Waals surface area contributed by atoms with Crippen LogP contribution in [0.3, 0.4) is 0 Å². The molecule has 0 radical (unpaired) electrons. The van der Waals surface area contributed by atoms with Gasteiger partial charge in [0, 0.05) is 13.2 Å². The zero-order chi connectivity index (χ0) is 12.1. The molecule has 4 heteroatoms. The highest BCUT2D eigenvalue weighted by Crippen LogP contribution is 2.17. The van der Waals surface area contributed by atoms with Crippen LogP contribution >= 0.6 is 0 Å². The van der Waals surface area contributed by atoms with Gasteiger partial charge in [-0.2, -0.15) is 0 Å². The number of aliphatic hydroxyl groups excluding tert-OH is 1. The average Bonchev–Trinajstić information content (AvgIpc) is 2.13. The Kier molecular flexibility index (Phi) is 5.83. The third-order valence-electron chi connectivity index (χ3n) is 2.55. The van der Waals surface area contributed by atoms with Crippen molar-refractivity contribution in [2.45, 2.75) is 40.2 Å². The molecule has 1 unspecified atom stereocenters. The van der Waals surface area contributed by atoms with Gasteiger partial charge in [-0.15, -0.1) is 0 Å². The van der Waals surface area contributed by atoms with Gasteiger partial charge in [0.25, 0.3) is 0 Å². The molecule has 0 spiro atoms. The molecule has 0 aromatic heterocycles. The highest BCUT2D eigenvalue weighted by atomic mass is 16.3. The van der Waals surface area contributed by atoms with Gasteiger partial charge in [0.05, 0.1) is 6.04 Å². The Morgan fingerprint density at radius 2 is 2.00 bits per heavy atom. The van der Waals surface area contributed by atoms with Crippen LogP contribution in [-0.2, 0) is 4.79 Å². The van der Waals surface area contributed by atoms with E-state index in [1.807, 2.05) is 27.7 Å². The van der Waals surface area contributed by atoms with Crippen molar-refractivity contribution in [3.8, 4) is 0 Å². The summed E-state index contributed by atoms with van der Waals surface area (Å²) in [5.74, 6) is 0.0296. The number of hydrogen-bond acceptors (Lipinski definition) is 3. The van der Waals surface area contributed by atoms with Crippen molar-refractivity contribution < 1.29 is 9.90 Å². The highest BCUT2D eigenvalue weighted by Gasteiger charge is 2.21. The van der Waals surface area contributed by atoms with E-state index >= 15 is 0 Å². The molecule has 0 saturated carbocycles. The minimum Gasteiger partial charge on any atom is -0.396 e. The van der Waals surface area contributed by atoms with E-state index in [9.17, 15) is 4.79 Å². The number of rotatable bonds is 6. The lowest BCUT2D eigenvalue weighted by Crippen LogP contribution is -2.46. The number of carbonyl (C=O) groups excluding carboxylic acids is 1. The third kappa shape index (κ3) is 5.74. The van der Waals surface area contributed by atoms with Crippen LogP contribution in [0.25, 0.3) is 0 Å². The lowest BCUT2D eigenvalue weighted by Gasteiger charge is -2.25. The van der Waals surface area contributed by atoms with E-state index in [1.54, 1.807) is 0 Å². The molecule has 4 nitrogen and oxygen atoms in total. The first-order valence-electron chi connectivity index (χ1n) is 5.44. The van der Waals surface area contributed by atoms with Gasteiger partial charge in [-0.05, 0) is 17.8 Å². The van der Waals surface area contributed by atoms with Crippen molar-refractivity contribution in [3.05, 3.63) is 0 Å². The van der Waals surface area contributed by atoms with Crippen molar-refractivity contribution in [1.82, 2.24) is 5.32 Å². The molecule has 0 bridgehead atoms. The predicted octanol–water partition coefficient (Wildman–Crippen LogP) is 0.494. The Morgan fingerprint density at radius 1 is 1.47 bits per heavy atom. The van der Waals surface area contributed by atoms with Crippen LogP contribution in [0.15, 0.2) is 0 Å². The summed E-state index contributed by atoms with van der Waals surface area (Å²) in [6.45, 7) is 8.53. The molecule has 0 aromatic carbocycles. The molecule has 0 aliphatic carbocycles. The molecule has 0 saturated heterocycles. The van der Waals surface area contributed by atoms with Gasteiger partial charge in [0.1, 0.15) is 0 Å². The first-order chi connectivity index (χ1) is 6.80. The quantitative estimate of drug-likeness (QED) is 0.605.